The lowest BCUT2D eigenvalue weighted by atomic mass is 10.2. The van der Waals surface area contributed by atoms with Crippen LogP contribution in [-0.4, -0.2) is 37.2 Å². The summed E-state index contributed by atoms with van der Waals surface area (Å²) in [6.45, 7) is 5.40. The molecule has 1 rings (SSSR count). The van der Waals surface area contributed by atoms with Crippen LogP contribution in [0.4, 0.5) is 5.69 Å². The summed E-state index contributed by atoms with van der Waals surface area (Å²) in [7, 11) is 1.65. The van der Waals surface area contributed by atoms with Gasteiger partial charge in [-0.2, -0.15) is 0 Å². The van der Waals surface area contributed by atoms with Crippen LogP contribution in [-0.2, 0) is 4.74 Å². The average Bonchev–Trinajstić information content (AvgIpc) is 2.37. The van der Waals surface area contributed by atoms with Gasteiger partial charge in [-0.3, -0.25) is 9.78 Å². The van der Waals surface area contributed by atoms with Crippen molar-refractivity contribution in [2.24, 2.45) is 0 Å². The molecule has 18 heavy (non-hydrogen) atoms. The maximum atomic E-state index is 11.9. The van der Waals surface area contributed by atoms with E-state index < -0.39 is 0 Å². The molecule has 0 aromatic carbocycles. The molecular weight excluding hydrogens is 230 g/mol. The molecule has 1 aromatic heterocycles. The van der Waals surface area contributed by atoms with E-state index in [4.69, 9.17) is 4.74 Å². The van der Waals surface area contributed by atoms with Gasteiger partial charge in [0.25, 0.3) is 5.91 Å². The highest BCUT2D eigenvalue weighted by Crippen LogP contribution is 2.07. The molecule has 0 spiro atoms. The number of anilines is 1. The number of carbonyl (C=O) groups is 1. The van der Waals surface area contributed by atoms with Crippen molar-refractivity contribution in [1.82, 2.24) is 10.3 Å². The maximum absolute atomic E-state index is 11.9. The number of ether oxygens (including phenoxy) is 1. The van der Waals surface area contributed by atoms with E-state index in [0.29, 0.717) is 12.3 Å². The number of aromatic nitrogens is 1. The summed E-state index contributed by atoms with van der Waals surface area (Å²) >= 11 is 0. The molecule has 0 aliphatic rings. The van der Waals surface area contributed by atoms with Gasteiger partial charge in [0.2, 0.25) is 0 Å². The monoisotopic (exact) mass is 251 g/mol. The lowest BCUT2D eigenvalue weighted by Gasteiger charge is -2.13. The van der Waals surface area contributed by atoms with Gasteiger partial charge in [-0.1, -0.05) is 0 Å². The van der Waals surface area contributed by atoms with E-state index in [9.17, 15) is 4.79 Å². The van der Waals surface area contributed by atoms with Gasteiger partial charge < -0.3 is 15.4 Å². The number of nitrogens with one attached hydrogen (secondary N) is 2. The molecule has 1 heterocycles. The van der Waals surface area contributed by atoms with E-state index in [0.717, 1.165) is 18.7 Å². The van der Waals surface area contributed by atoms with Crippen LogP contribution in [0.3, 0.4) is 0 Å². The number of amides is 1. The molecule has 0 radical (unpaired) electrons. The van der Waals surface area contributed by atoms with Crippen molar-refractivity contribution in [3.05, 3.63) is 24.0 Å². The first-order valence-electron chi connectivity index (χ1n) is 6.17. The third-order valence-electron chi connectivity index (χ3n) is 2.51. The van der Waals surface area contributed by atoms with Gasteiger partial charge in [-0.05, 0) is 32.4 Å². The van der Waals surface area contributed by atoms with Crippen LogP contribution in [0.5, 0.6) is 0 Å². The predicted octanol–water partition coefficient (Wildman–Crippen LogP) is 1.67. The number of hydrogen-bond acceptors (Lipinski definition) is 4. The molecule has 0 saturated heterocycles. The van der Waals surface area contributed by atoms with Crippen molar-refractivity contribution >= 4 is 11.6 Å². The van der Waals surface area contributed by atoms with E-state index in [2.05, 4.69) is 15.6 Å². The van der Waals surface area contributed by atoms with Crippen LogP contribution in [0, 0.1) is 0 Å². The third kappa shape index (κ3) is 4.71. The van der Waals surface area contributed by atoms with Crippen molar-refractivity contribution in [2.75, 3.05) is 25.6 Å². The van der Waals surface area contributed by atoms with Crippen molar-refractivity contribution in [3.8, 4) is 0 Å². The zero-order valence-electron chi connectivity index (χ0n) is 11.2. The molecule has 1 unspecified atom stereocenters. The minimum atomic E-state index is -0.154. The van der Waals surface area contributed by atoms with Crippen LogP contribution < -0.4 is 10.6 Å². The number of nitrogens with zero attached hydrogens (tertiary/aromatic N) is 1. The predicted molar refractivity (Wildman–Crippen MR) is 71.8 cm³/mol. The van der Waals surface area contributed by atoms with Crippen LogP contribution in [0.1, 0.15) is 30.8 Å². The zero-order chi connectivity index (χ0) is 13.4. The molecule has 0 aliphatic heterocycles. The van der Waals surface area contributed by atoms with Crippen LogP contribution in [0.15, 0.2) is 18.3 Å². The highest BCUT2D eigenvalue weighted by Gasteiger charge is 2.11. The summed E-state index contributed by atoms with van der Waals surface area (Å²) in [6.07, 6.45) is 2.42. The Morgan fingerprint density at radius 3 is 3.00 bits per heavy atom. The van der Waals surface area contributed by atoms with Gasteiger partial charge in [0, 0.05) is 38.2 Å². The highest BCUT2D eigenvalue weighted by atomic mass is 16.5. The van der Waals surface area contributed by atoms with Crippen molar-refractivity contribution < 1.29 is 9.53 Å². The molecule has 5 nitrogen and oxygen atoms in total. The van der Waals surface area contributed by atoms with Crippen molar-refractivity contribution in [1.29, 1.82) is 0 Å². The van der Waals surface area contributed by atoms with E-state index in [1.54, 1.807) is 19.4 Å². The van der Waals surface area contributed by atoms with Crippen LogP contribution in [0.25, 0.3) is 0 Å². The largest absolute Gasteiger partial charge is 0.385 e. The minimum Gasteiger partial charge on any atom is -0.385 e. The first kappa shape index (κ1) is 14.4. The Bertz CT molecular complexity index is 382. The summed E-state index contributed by atoms with van der Waals surface area (Å²) in [6, 6.07) is 3.67. The number of hydrogen-bond donors (Lipinski definition) is 2. The van der Waals surface area contributed by atoms with Gasteiger partial charge in [-0.15, -0.1) is 0 Å². The molecule has 1 amide bonds. The molecule has 100 valence electrons. The minimum absolute atomic E-state index is 0.0713. The summed E-state index contributed by atoms with van der Waals surface area (Å²) < 4.78 is 4.97. The Morgan fingerprint density at radius 1 is 1.56 bits per heavy atom. The number of pyridine rings is 1. The smallest absolute Gasteiger partial charge is 0.270 e. The highest BCUT2D eigenvalue weighted by molar-refractivity contribution is 5.93. The van der Waals surface area contributed by atoms with Crippen LogP contribution in [0.2, 0.25) is 0 Å². The van der Waals surface area contributed by atoms with Gasteiger partial charge in [0.15, 0.2) is 0 Å². The summed E-state index contributed by atoms with van der Waals surface area (Å²) in [5.41, 5.74) is 1.33. The second-order valence-corrected chi connectivity index (χ2v) is 4.12. The molecule has 1 aromatic rings. The van der Waals surface area contributed by atoms with Crippen LogP contribution >= 0.6 is 0 Å². The number of rotatable bonds is 7. The maximum Gasteiger partial charge on any atom is 0.270 e. The standard InChI is InChI=1S/C13H21N3O2/c1-4-14-11-5-7-15-12(9-11)13(17)16-10(2)6-8-18-3/h5,7,9-10H,4,6,8H2,1-3H3,(H,14,15)(H,16,17). The molecule has 2 N–H and O–H groups in total. The molecule has 0 bridgehead atoms. The Labute approximate surface area is 108 Å². The Hall–Kier alpha value is -1.62. The molecule has 0 aliphatic carbocycles. The van der Waals surface area contributed by atoms with E-state index in [1.165, 1.54) is 0 Å². The van der Waals surface area contributed by atoms with E-state index in [1.807, 2.05) is 19.9 Å². The quantitative estimate of drug-likeness (QED) is 0.773. The third-order valence-corrected chi connectivity index (χ3v) is 2.51. The summed E-state index contributed by atoms with van der Waals surface area (Å²) in [5, 5.41) is 6.04. The topological polar surface area (TPSA) is 63.2 Å². The molecule has 5 heteroatoms. The number of methoxy groups -OCH3 is 1. The van der Waals surface area contributed by atoms with Gasteiger partial charge in [0.1, 0.15) is 5.69 Å². The summed E-state index contributed by atoms with van der Waals surface area (Å²) in [4.78, 5) is 16.0. The lowest BCUT2D eigenvalue weighted by molar-refractivity contribution is 0.0924. The van der Waals surface area contributed by atoms with Crippen molar-refractivity contribution in [2.45, 2.75) is 26.3 Å². The molecular formula is C13H21N3O2. The Morgan fingerprint density at radius 2 is 2.33 bits per heavy atom. The van der Waals surface area contributed by atoms with E-state index >= 15 is 0 Å². The lowest BCUT2D eigenvalue weighted by Crippen LogP contribution is -2.33. The summed E-state index contributed by atoms with van der Waals surface area (Å²) in [5.74, 6) is -0.154. The normalized spacial score (nSPS) is 11.9. The molecule has 0 fully saturated rings. The number of carbonyl (C=O) groups excluding carboxylic acids is 1. The van der Waals surface area contributed by atoms with Gasteiger partial charge >= 0.3 is 0 Å². The van der Waals surface area contributed by atoms with Crippen molar-refractivity contribution in [3.63, 3.8) is 0 Å². The van der Waals surface area contributed by atoms with Gasteiger partial charge in [-0.25, -0.2) is 0 Å². The fourth-order valence-electron chi connectivity index (χ4n) is 1.53. The Kier molecular flexibility index (Phi) is 6.14. The second-order valence-electron chi connectivity index (χ2n) is 4.12. The molecule has 1 atom stereocenters. The zero-order valence-corrected chi connectivity index (χ0v) is 11.2. The Balaban J connectivity index is 2.57. The fraction of sp³-hybridized carbons (Fsp3) is 0.538. The second kappa shape index (κ2) is 7.66. The first-order valence-corrected chi connectivity index (χ1v) is 6.17. The van der Waals surface area contributed by atoms with E-state index in [-0.39, 0.29) is 11.9 Å². The van der Waals surface area contributed by atoms with Gasteiger partial charge in [0.05, 0.1) is 0 Å². The fourth-order valence-corrected chi connectivity index (χ4v) is 1.53. The first-order chi connectivity index (χ1) is 8.67. The molecule has 0 saturated carbocycles. The SMILES string of the molecule is CCNc1ccnc(C(=O)NC(C)CCOC)c1. The average molecular weight is 251 g/mol.